The second-order valence-corrected chi connectivity index (χ2v) is 8.95. The van der Waals surface area contributed by atoms with Gasteiger partial charge < -0.3 is 9.88 Å². The van der Waals surface area contributed by atoms with Gasteiger partial charge in [0.15, 0.2) is 0 Å². The summed E-state index contributed by atoms with van der Waals surface area (Å²) >= 11 is 0. The van der Waals surface area contributed by atoms with E-state index >= 15 is 0 Å². The lowest BCUT2D eigenvalue weighted by Gasteiger charge is -2.47. The molecule has 130 valence electrons. The molecule has 1 fully saturated rings. The van der Waals surface area contributed by atoms with Gasteiger partial charge in [0, 0.05) is 55.7 Å². The second-order valence-electron chi connectivity index (χ2n) is 7.02. The van der Waals surface area contributed by atoms with Crippen LogP contribution in [0.5, 0.6) is 0 Å². The van der Waals surface area contributed by atoms with Crippen molar-refractivity contribution in [3.05, 3.63) is 35.5 Å². The van der Waals surface area contributed by atoms with E-state index in [4.69, 9.17) is 0 Å². The number of aromatic amines is 1. The number of piperidine rings is 1. The van der Waals surface area contributed by atoms with Crippen molar-refractivity contribution in [3.8, 4) is 0 Å². The van der Waals surface area contributed by atoms with Crippen LogP contribution in [0.1, 0.15) is 23.5 Å². The fourth-order valence-corrected chi connectivity index (χ4v) is 5.35. The summed E-state index contributed by atoms with van der Waals surface area (Å²) in [7, 11) is 1.85. The number of aromatic nitrogens is 1. The maximum Gasteiger partial charge on any atom is 0.279 e. The Morgan fingerprint density at radius 3 is 2.92 bits per heavy atom. The number of H-pyrrole nitrogens is 1. The lowest BCUT2D eigenvalue weighted by molar-refractivity contribution is 0.104. The number of hydrogen-bond donors (Lipinski definition) is 2. The van der Waals surface area contributed by atoms with Crippen LogP contribution in [0, 0.1) is 0 Å². The number of hydrogen-bond acceptors (Lipinski definition) is 3. The van der Waals surface area contributed by atoms with Gasteiger partial charge in [0.1, 0.15) is 0 Å². The van der Waals surface area contributed by atoms with Gasteiger partial charge in [-0.1, -0.05) is 12.1 Å². The minimum atomic E-state index is -3.41. The molecule has 2 aromatic rings. The van der Waals surface area contributed by atoms with Crippen molar-refractivity contribution < 1.29 is 8.42 Å². The third-order valence-electron chi connectivity index (χ3n) is 5.85. The fraction of sp³-hybridized carbons (Fsp3) is 0.529. The molecule has 2 aliphatic rings. The van der Waals surface area contributed by atoms with Crippen molar-refractivity contribution in [1.82, 2.24) is 18.9 Å². The number of nitrogens with one attached hydrogen (secondary N) is 2. The highest BCUT2D eigenvalue weighted by molar-refractivity contribution is 7.87. The smallest absolute Gasteiger partial charge is 0.279 e. The first-order valence-corrected chi connectivity index (χ1v) is 9.82. The third-order valence-corrected chi connectivity index (χ3v) is 7.43. The van der Waals surface area contributed by atoms with Crippen molar-refractivity contribution in [2.24, 2.45) is 0 Å². The molecule has 2 heterocycles. The minimum Gasteiger partial charge on any atom is -0.361 e. The van der Waals surface area contributed by atoms with Crippen molar-refractivity contribution in [2.45, 2.75) is 30.8 Å². The Morgan fingerprint density at radius 2 is 2.17 bits per heavy atom. The molecule has 0 amide bonds. The molecule has 1 unspecified atom stereocenters. The largest absolute Gasteiger partial charge is 0.361 e. The van der Waals surface area contributed by atoms with Gasteiger partial charge in [-0.3, -0.25) is 0 Å². The van der Waals surface area contributed by atoms with Crippen LogP contribution < -0.4 is 4.72 Å². The van der Waals surface area contributed by atoms with E-state index in [0.29, 0.717) is 12.0 Å². The molecule has 1 saturated heterocycles. The normalized spacial score (nSPS) is 27.6. The third kappa shape index (κ3) is 2.30. The molecule has 7 heteroatoms. The van der Waals surface area contributed by atoms with Gasteiger partial charge in [-0.25, -0.2) is 4.72 Å². The lowest BCUT2D eigenvalue weighted by Crippen LogP contribution is -2.56. The highest BCUT2D eigenvalue weighted by atomic mass is 32.2. The quantitative estimate of drug-likeness (QED) is 0.878. The first-order chi connectivity index (χ1) is 11.4. The molecule has 1 aromatic carbocycles. The molecule has 4 rings (SSSR count). The Balaban J connectivity index is 1.74. The predicted octanol–water partition coefficient (Wildman–Crippen LogP) is 1.28. The molecule has 1 aliphatic heterocycles. The van der Waals surface area contributed by atoms with Gasteiger partial charge in [0.05, 0.1) is 0 Å². The summed E-state index contributed by atoms with van der Waals surface area (Å²) in [6.45, 7) is 0.758. The molecule has 0 radical (unpaired) electrons. The molecule has 1 aromatic heterocycles. The highest BCUT2D eigenvalue weighted by Gasteiger charge is 2.42. The minimum absolute atomic E-state index is 0.0237. The summed E-state index contributed by atoms with van der Waals surface area (Å²) in [6, 6.07) is 6.83. The summed E-state index contributed by atoms with van der Waals surface area (Å²) in [4.78, 5) is 5.71. The van der Waals surface area contributed by atoms with Gasteiger partial charge in [-0.15, -0.1) is 0 Å². The molecule has 1 aliphatic carbocycles. The van der Waals surface area contributed by atoms with Crippen molar-refractivity contribution in [1.29, 1.82) is 0 Å². The Labute approximate surface area is 143 Å². The zero-order chi connectivity index (χ0) is 17.1. The summed E-state index contributed by atoms with van der Waals surface area (Å²) in [5, 5.41) is 1.34. The number of likely N-dealkylation sites (tertiary alicyclic amines) is 1. The predicted molar refractivity (Wildman–Crippen MR) is 95.3 cm³/mol. The number of likely N-dealkylation sites (N-methyl/N-ethyl adjacent to an activating group) is 2. The van der Waals surface area contributed by atoms with Crippen LogP contribution in [0.4, 0.5) is 0 Å². The van der Waals surface area contributed by atoms with Crippen molar-refractivity contribution in [2.75, 3.05) is 27.7 Å². The zero-order valence-corrected chi connectivity index (χ0v) is 15.1. The number of benzene rings is 1. The summed E-state index contributed by atoms with van der Waals surface area (Å²) < 4.78 is 28.3. The molecule has 3 atom stereocenters. The molecule has 0 spiro atoms. The second kappa shape index (κ2) is 5.56. The van der Waals surface area contributed by atoms with E-state index in [1.54, 1.807) is 7.05 Å². The Hall–Kier alpha value is -1.41. The zero-order valence-electron chi connectivity index (χ0n) is 14.3. The molecule has 0 saturated carbocycles. The highest BCUT2D eigenvalue weighted by Crippen LogP contribution is 2.43. The van der Waals surface area contributed by atoms with E-state index in [9.17, 15) is 8.42 Å². The van der Waals surface area contributed by atoms with Crippen molar-refractivity contribution >= 4 is 21.1 Å². The number of rotatable bonds is 3. The van der Waals surface area contributed by atoms with Crippen LogP contribution >= 0.6 is 0 Å². The van der Waals surface area contributed by atoms with E-state index in [0.717, 1.165) is 19.4 Å². The summed E-state index contributed by atoms with van der Waals surface area (Å²) in [5.74, 6) is 0.357. The molecular formula is C17H24N4O2S. The molecular weight excluding hydrogens is 324 g/mol. The number of nitrogens with zero attached hydrogens (tertiary/aromatic N) is 2. The molecule has 24 heavy (non-hydrogen) atoms. The van der Waals surface area contributed by atoms with Crippen LogP contribution in [0.2, 0.25) is 0 Å². The van der Waals surface area contributed by atoms with E-state index in [1.165, 1.54) is 33.4 Å². The Bertz CT molecular complexity index is 876. The van der Waals surface area contributed by atoms with Gasteiger partial charge in [0.2, 0.25) is 0 Å². The Kier molecular flexibility index (Phi) is 3.72. The van der Waals surface area contributed by atoms with Gasteiger partial charge in [-0.05, 0) is 37.1 Å². The van der Waals surface area contributed by atoms with Gasteiger partial charge in [0.25, 0.3) is 10.2 Å². The summed E-state index contributed by atoms with van der Waals surface area (Å²) in [6.07, 6.45) is 4.01. The molecule has 6 nitrogen and oxygen atoms in total. The van der Waals surface area contributed by atoms with Crippen LogP contribution in [-0.4, -0.2) is 62.4 Å². The van der Waals surface area contributed by atoms with Crippen molar-refractivity contribution in [3.63, 3.8) is 0 Å². The van der Waals surface area contributed by atoms with Crippen LogP contribution in [-0.2, 0) is 16.6 Å². The van der Waals surface area contributed by atoms with E-state index in [2.05, 4.69) is 46.0 Å². The van der Waals surface area contributed by atoms with Crippen LogP contribution in [0.15, 0.2) is 24.4 Å². The first kappa shape index (κ1) is 16.1. The fourth-order valence-electron chi connectivity index (χ4n) is 4.52. The first-order valence-electron chi connectivity index (χ1n) is 8.38. The van der Waals surface area contributed by atoms with E-state index < -0.39 is 10.2 Å². The van der Waals surface area contributed by atoms with Crippen LogP contribution in [0.25, 0.3) is 10.9 Å². The number of fused-ring (bicyclic) bond motifs is 2. The maximum atomic E-state index is 12.2. The molecule has 2 N–H and O–H groups in total. The average Bonchev–Trinajstić information content (AvgIpc) is 2.99. The lowest BCUT2D eigenvalue weighted by atomic mass is 9.74. The van der Waals surface area contributed by atoms with Gasteiger partial charge >= 0.3 is 0 Å². The topological polar surface area (TPSA) is 68.4 Å². The SMILES string of the molecule is CNS(=O)(=O)N(C)[C@H]1CC2c3cccc4[nH]cc(c34)C[C@H]2N(C)C1. The average molecular weight is 348 g/mol. The standard InChI is InChI=1S/C17H24N4O2S/c1-18-24(22,23)21(3)12-8-14-13-5-4-6-15-17(13)11(9-19-15)7-16(14)20(2)10-12/h4-6,9,12,14,16,18-19H,7-8,10H2,1-3H3/t12-,14?,16+/m0/s1. The van der Waals surface area contributed by atoms with E-state index in [-0.39, 0.29) is 6.04 Å². The van der Waals surface area contributed by atoms with Crippen LogP contribution in [0.3, 0.4) is 0 Å². The monoisotopic (exact) mass is 348 g/mol. The molecule has 0 bridgehead atoms. The summed E-state index contributed by atoms with van der Waals surface area (Å²) in [5.41, 5.74) is 3.91. The van der Waals surface area contributed by atoms with Gasteiger partial charge in [-0.2, -0.15) is 12.7 Å². The Morgan fingerprint density at radius 1 is 1.38 bits per heavy atom. The maximum absolute atomic E-state index is 12.2. The van der Waals surface area contributed by atoms with E-state index in [1.807, 2.05) is 0 Å².